The highest BCUT2D eigenvalue weighted by molar-refractivity contribution is 5.98. The van der Waals surface area contributed by atoms with Gasteiger partial charge in [-0.15, -0.1) is 5.10 Å². The Balaban J connectivity index is 1.55. The second kappa shape index (κ2) is 8.95. The number of carbonyl (C=O) groups excluding carboxylic acids is 1. The average Bonchev–Trinajstić information content (AvgIpc) is 3.30. The molecule has 160 valence electrons. The van der Waals surface area contributed by atoms with E-state index in [1.165, 1.54) is 7.11 Å². The molecule has 1 aromatic carbocycles. The number of rotatable bonds is 6. The van der Waals surface area contributed by atoms with Gasteiger partial charge in [-0.1, -0.05) is 24.1 Å². The van der Waals surface area contributed by atoms with Crippen LogP contribution in [0.25, 0.3) is 16.9 Å². The van der Waals surface area contributed by atoms with Gasteiger partial charge in [-0.05, 0) is 37.1 Å². The van der Waals surface area contributed by atoms with Crippen LogP contribution in [0.5, 0.6) is 5.75 Å². The fourth-order valence-corrected chi connectivity index (χ4v) is 3.90. The number of hydrogen-bond acceptors (Lipinski definition) is 6. The zero-order valence-corrected chi connectivity index (χ0v) is 17.1. The second-order valence-electron chi connectivity index (χ2n) is 7.48. The van der Waals surface area contributed by atoms with E-state index < -0.39 is 11.9 Å². The number of nitrogens with one attached hydrogen (secondary N) is 1. The van der Waals surface area contributed by atoms with Gasteiger partial charge in [0.25, 0.3) is 5.91 Å². The van der Waals surface area contributed by atoms with Gasteiger partial charge in [0.05, 0.1) is 36.7 Å². The Morgan fingerprint density at radius 3 is 2.81 bits per heavy atom. The maximum Gasteiger partial charge on any atom is 0.308 e. The number of hydrogen-bond donors (Lipinski definition) is 2. The molecule has 0 bridgehead atoms. The number of aliphatic carboxylic acids is 1. The van der Waals surface area contributed by atoms with Crippen molar-refractivity contribution >= 4 is 11.9 Å². The first kappa shape index (κ1) is 20.5. The number of pyridine rings is 1. The third kappa shape index (κ3) is 4.40. The first-order valence-corrected chi connectivity index (χ1v) is 10.1. The third-order valence-corrected chi connectivity index (χ3v) is 5.55. The number of amides is 1. The van der Waals surface area contributed by atoms with Crippen molar-refractivity contribution in [2.24, 2.45) is 5.92 Å². The van der Waals surface area contributed by atoms with Crippen molar-refractivity contribution in [3.05, 3.63) is 54.5 Å². The molecule has 1 saturated carbocycles. The average molecular weight is 421 g/mol. The van der Waals surface area contributed by atoms with Gasteiger partial charge in [0.15, 0.2) is 0 Å². The molecule has 1 aliphatic carbocycles. The van der Waals surface area contributed by atoms with Crippen LogP contribution in [-0.2, 0) is 4.79 Å². The minimum absolute atomic E-state index is 0.347. The summed E-state index contributed by atoms with van der Waals surface area (Å²) in [5.41, 5.74) is 2.49. The van der Waals surface area contributed by atoms with Crippen molar-refractivity contribution in [3.63, 3.8) is 0 Å². The molecule has 4 rings (SSSR count). The molecule has 1 fully saturated rings. The molecule has 2 atom stereocenters. The molecule has 2 aromatic heterocycles. The van der Waals surface area contributed by atoms with Crippen LogP contribution in [0.4, 0.5) is 0 Å². The molecular weight excluding hydrogens is 398 g/mol. The lowest BCUT2D eigenvalue weighted by molar-refractivity contribution is -0.143. The minimum atomic E-state index is -0.871. The van der Waals surface area contributed by atoms with E-state index >= 15 is 0 Å². The lowest BCUT2D eigenvalue weighted by Gasteiger charge is -2.29. The number of carboxylic acids is 1. The molecule has 1 amide bonds. The van der Waals surface area contributed by atoms with Crippen LogP contribution in [0, 0.1) is 5.92 Å². The summed E-state index contributed by atoms with van der Waals surface area (Å²) in [4.78, 5) is 28.5. The zero-order chi connectivity index (χ0) is 21.8. The number of methoxy groups -OCH3 is 1. The van der Waals surface area contributed by atoms with E-state index in [2.05, 4.69) is 20.6 Å². The Bertz CT molecular complexity index is 1080. The summed E-state index contributed by atoms with van der Waals surface area (Å²) < 4.78 is 7.06. The van der Waals surface area contributed by atoms with Crippen LogP contribution >= 0.6 is 0 Å². The van der Waals surface area contributed by atoms with Crippen LogP contribution in [0.1, 0.15) is 36.0 Å². The Morgan fingerprint density at radius 2 is 2.06 bits per heavy atom. The number of nitrogens with zero attached hydrogens (tertiary/aromatic N) is 4. The predicted octanol–water partition coefficient (Wildman–Crippen LogP) is 2.71. The number of carboxylic acid groups (broad SMARTS) is 1. The second-order valence-corrected chi connectivity index (χ2v) is 7.48. The van der Waals surface area contributed by atoms with E-state index in [-0.39, 0.29) is 11.9 Å². The van der Waals surface area contributed by atoms with Crippen LogP contribution in [0.15, 0.2) is 48.9 Å². The zero-order valence-electron chi connectivity index (χ0n) is 17.1. The maximum atomic E-state index is 12.9. The van der Waals surface area contributed by atoms with Crippen molar-refractivity contribution in [2.45, 2.75) is 31.7 Å². The Hall–Kier alpha value is -3.75. The number of aromatic nitrogens is 4. The van der Waals surface area contributed by atoms with E-state index in [4.69, 9.17) is 4.74 Å². The summed E-state index contributed by atoms with van der Waals surface area (Å²) in [5, 5.41) is 20.7. The fraction of sp³-hybridized carbons (Fsp3) is 0.318. The fourth-order valence-electron chi connectivity index (χ4n) is 3.90. The quantitative estimate of drug-likeness (QED) is 0.628. The topological polar surface area (TPSA) is 119 Å². The molecule has 0 saturated heterocycles. The van der Waals surface area contributed by atoms with Gasteiger partial charge >= 0.3 is 5.97 Å². The molecule has 0 aliphatic heterocycles. The summed E-state index contributed by atoms with van der Waals surface area (Å²) in [7, 11) is 1.49. The predicted molar refractivity (Wildman–Crippen MR) is 112 cm³/mol. The highest BCUT2D eigenvalue weighted by Gasteiger charge is 2.32. The van der Waals surface area contributed by atoms with Crippen molar-refractivity contribution in [2.75, 3.05) is 7.11 Å². The van der Waals surface area contributed by atoms with Crippen molar-refractivity contribution in [1.82, 2.24) is 25.3 Å². The maximum absolute atomic E-state index is 12.9. The van der Waals surface area contributed by atoms with Crippen LogP contribution in [0.3, 0.4) is 0 Å². The summed E-state index contributed by atoms with van der Waals surface area (Å²) >= 11 is 0. The van der Waals surface area contributed by atoms with Gasteiger partial charge in [0, 0.05) is 17.8 Å². The van der Waals surface area contributed by atoms with E-state index in [0.29, 0.717) is 29.8 Å². The third-order valence-electron chi connectivity index (χ3n) is 5.55. The van der Waals surface area contributed by atoms with Gasteiger partial charge in [0.1, 0.15) is 11.4 Å². The standard InChI is InChI=1S/C22H23N5O4/c1-31-20-11-14(19-13-27(26-25-19)15-5-4-10-23-12-15)8-9-17(20)21(28)24-18-7-3-2-6-16(18)22(29)30/h4-5,8-13,16,18H,2-3,6-7H2,1H3,(H,24,28)(H,29,30)/t16-,18+/m0/s1. The van der Waals surface area contributed by atoms with Gasteiger partial charge in [-0.2, -0.15) is 0 Å². The highest BCUT2D eigenvalue weighted by atomic mass is 16.5. The molecule has 1 aliphatic rings. The smallest absolute Gasteiger partial charge is 0.308 e. The van der Waals surface area contributed by atoms with E-state index in [1.807, 2.05) is 12.1 Å². The largest absolute Gasteiger partial charge is 0.496 e. The van der Waals surface area contributed by atoms with E-state index in [0.717, 1.165) is 24.1 Å². The van der Waals surface area contributed by atoms with Crippen LogP contribution < -0.4 is 10.1 Å². The van der Waals surface area contributed by atoms with Gasteiger partial charge in [-0.3, -0.25) is 14.6 Å². The molecule has 0 radical (unpaired) electrons. The van der Waals surface area contributed by atoms with Gasteiger partial charge < -0.3 is 15.2 Å². The van der Waals surface area contributed by atoms with Crippen molar-refractivity contribution < 1.29 is 19.4 Å². The molecule has 0 unspecified atom stereocenters. The molecule has 31 heavy (non-hydrogen) atoms. The summed E-state index contributed by atoms with van der Waals surface area (Å²) in [6, 6.07) is 8.45. The molecule has 0 spiro atoms. The highest BCUT2D eigenvalue weighted by Crippen LogP contribution is 2.28. The van der Waals surface area contributed by atoms with Crippen LogP contribution in [-0.4, -0.2) is 50.1 Å². The van der Waals surface area contributed by atoms with Crippen LogP contribution in [0.2, 0.25) is 0 Å². The molecular formula is C22H23N5O4. The number of carbonyl (C=O) groups is 2. The van der Waals surface area contributed by atoms with Gasteiger partial charge in [-0.25, -0.2) is 4.68 Å². The molecule has 9 nitrogen and oxygen atoms in total. The number of benzene rings is 1. The number of ether oxygens (including phenoxy) is 1. The SMILES string of the molecule is COc1cc(-c2cn(-c3cccnc3)nn2)ccc1C(=O)N[C@@H]1CCCC[C@@H]1C(=O)O. The van der Waals surface area contributed by atoms with Gasteiger partial charge in [0.2, 0.25) is 0 Å². The van der Waals surface area contributed by atoms with E-state index in [9.17, 15) is 14.7 Å². The summed E-state index contributed by atoms with van der Waals surface area (Å²) in [5.74, 6) is -1.40. The Labute approximate surface area is 179 Å². The summed E-state index contributed by atoms with van der Waals surface area (Å²) in [6.45, 7) is 0. The molecule has 9 heteroatoms. The summed E-state index contributed by atoms with van der Waals surface area (Å²) in [6.07, 6.45) is 8.12. The Morgan fingerprint density at radius 1 is 1.23 bits per heavy atom. The normalized spacial score (nSPS) is 18.4. The lowest BCUT2D eigenvalue weighted by atomic mass is 9.84. The monoisotopic (exact) mass is 421 g/mol. The first-order valence-electron chi connectivity index (χ1n) is 10.1. The minimum Gasteiger partial charge on any atom is -0.496 e. The molecule has 2 heterocycles. The Kier molecular flexibility index (Phi) is 5.92. The van der Waals surface area contributed by atoms with Crippen molar-refractivity contribution in [3.8, 4) is 22.7 Å². The van der Waals surface area contributed by atoms with Crippen molar-refractivity contribution in [1.29, 1.82) is 0 Å². The first-order chi connectivity index (χ1) is 15.1. The molecule has 3 aromatic rings. The van der Waals surface area contributed by atoms with E-state index in [1.54, 1.807) is 41.5 Å². The molecule has 2 N–H and O–H groups in total. The lowest BCUT2D eigenvalue weighted by Crippen LogP contribution is -2.45.